The summed E-state index contributed by atoms with van der Waals surface area (Å²) >= 11 is 6.10. The molecule has 1 aromatic carbocycles. The summed E-state index contributed by atoms with van der Waals surface area (Å²) in [5.74, 6) is 0.120. The Kier molecular flexibility index (Phi) is 4.23. The van der Waals surface area contributed by atoms with Crippen LogP contribution in [0.15, 0.2) is 18.2 Å². The second-order valence-corrected chi connectivity index (χ2v) is 6.81. The summed E-state index contributed by atoms with van der Waals surface area (Å²) in [6.07, 6.45) is 4.66. The van der Waals surface area contributed by atoms with Gasteiger partial charge in [-0.15, -0.1) is 0 Å². The number of rotatable bonds is 3. The number of piperidine rings is 1. The van der Waals surface area contributed by atoms with Gasteiger partial charge in [0.2, 0.25) is 0 Å². The van der Waals surface area contributed by atoms with Crippen molar-refractivity contribution in [3.8, 4) is 0 Å². The summed E-state index contributed by atoms with van der Waals surface area (Å²) in [6.45, 7) is 4.80. The van der Waals surface area contributed by atoms with Crippen molar-refractivity contribution >= 4 is 17.5 Å². The average molecular weight is 307 g/mol. The quantitative estimate of drug-likeness (QED) is 0.928. The molecule has 21 heavy (non-hydrogen) atoms. The largest absolute Gasteiger partial charge is 0.336 e. The van der Waals surface area contributed by atoms with Crippen LogP contribution in [0.4, 0.5) is 0 Å². The SMILES string of the molecule is CCN(C(=O)c1cc(C)cc(Cl)c1)C1CC2CCC(C1)N2. The van der Waals surface area contributed by atoms with Crippen LogP contribution >= 0.6 is 11.6 Å². The second-order valence-electron chi connectivity index (χ2n) is 6.37. The summed E-state index contributed by atoms with van der Waals surface area (Å²) in [6, 6.07) is 7.16. The molecule has 0 spiro atoms. The molecule has 114 valence electrons. The van der Waals surface area contributed by atoms with Gasteiger partial charge in [0.1, 0.15) is 0 Å². The minimum absolute atomic E-state index is 0.120. The maximum atomic E-state index is 12.9. The van der Waals surface area contributed by atoms with E-state index in [1.807, 2.05) is 24.0 Å². The maximum absolute atomic E-state index is 12.9. The first-order chi connectivity index (χ1) is 10.1. The van der Waals surface area contributed by atoms with Crippen LogP contribution in [-0.4, -0.2) is 35.5 Å². The van der Waals surface area contributed by atoms with Crippen LogP contribution < -0.4 is 5.32 Å². The maximum Gasteiger partial charge on any atom is 0.254 e. The minimum atomic E-state index is 0.120. The van der Waals surface area contributed by atoms with Gasteiger partial charge in [-0.1, -0.05) is 11.6 Å². The van der Waals surface area contributed by atoms with Crippen molar-refractivity contribution < 1.29 is 4.79 Å². The van der Waals surface area contributed by atoms with Crippen molar-refractivity contribution in [3.63, 3.8) is 0 Å². The highest BCUT2D eigenvalue weighted by Crippen LogP contribution is 2.30. The summed E-state index contributed by atoms with van der Waals surface area (Å²) < 4.78 is 0. The Morgan fingerprint density at radius 2 is 1.95 bits per heavy atom. The topological polar surface area (TPSA) is 32.3 Å². The fraction of sp³-hybridized carbons (Fsp3) is 0.588. The summed E-state index contributed by atoms with van der Waals surface area (Å²) in [7, 11) is 0. The number of carbonyl (C=O) groups excluding carboxylic acids is 1. The number of carbonyl (C=O) groups is 1. The first-order valence-corrected chi connectivity index (χ1v) is 8.29. The highest BCUT2D eigenvalue weighted by atomic mass is 35.5. The third kappa shape index (κ3) is 3.09. The number of halogens is 1. The molecule has 0 radical (unpaired) electrons. The molecule has 2 unspecified atom stereocenters. The number of hydrogen-bond donors (Lipinski definition) is 1. The van der Waals surface area contributed by atoms with Gasteiger partial charge in [0.25, 0.3) is 5.91 Å². The zero-order chi connectivity index (χ0) is 15.0. The lowest BCUT2D eigenvalue weighted by Gasteiger charge is -2.37. The lowest BCUT2D eigenvalue weighted by molar-refractivity contribution is 0.0631. The van der Waals surface area contributed by atoms with Crippen LogP contribution in [-0.2, 0) is 0 Å². The van der Waals surface area contributed by atoms with E-state index in [1.165, 1.54) is 12.8 Å². The Bertz CT molecular complexity index is 513. The smallest absolute Gasteiger partial charge is 0.254 e. The van der Waals surface area contributed by atoms with Gasteiger partial charge >= 0.3 is 0 Å². The monoisotopic (exact) mass is 306 g/mol. The van der Waals surface area contributed by atoms with Gasteiger partial charge in [-0.05, 0) is 63.3 Å². The molecule has 2 fully saturated rings. The van der Waals surface area contributed by atoms with E-state index in [9.17, 15) is 4.79 Å². The van der Waals surface area contributed by atoms with E-state index in [-0.39, 0.29) is 5.91 Å². The average Bonchev–Trinajstić information content (AvgIpc) is 2.77. The zero-order valence-electron chi connectivity index (χ0n) is 12.7. The Labute approximate surface area is 131 Å². The predicted molar refractivity (Wildman–Crippen MR) is 85.9 cm³/mol. The van der Waals surface area contributed by atoms with E-state index in [0.29, 0.717) is 28.7 Å². The van der Waals surface area contributed by atoms with Gasteiger partial charge in [-0.25, -0.2) is 0 Å². The van der Waals surface area contributed by atoms with Crippen molar-refractivity contribution in [3.05, 3.63) is 34.3 Å². The number of benzene rings is 1. The normalized spacial score (nSPS) is 27.7. The fourth-order valence-electron chi connectivity index (χ4n) is 3.87. The van der Waals surface area contributed by atoms with Gasteiger partial charge in [-0.2, -0.15) is 0 Å². The van der Waals surface area contributed by atoms with E-state index in [4.69, 9.17) is 11.6 Å². The molecular weight excluding hydrogens is 284 g/mol. The zero-order valence-corrected chi connectivity index (χ0v) is 13.5. The number of amides is 1. The van der Waals surface area contributed by atoms with Crippen LogP contribution in [0.2, 0.25) is 5.02 Å². The Morgan fingerprint density at radius 1 is 1.29 bits per heavy atom. The van der Waals surface area contributed by atoms with Crippen LogP contribution in [0.5, 0.6) is 0 Å². The molecule has 1 N–H and O–H groups in total. The van der Waals surface area contributed by atoms with Crippen LogP contribution in [0.3, 0.4) is 0 Å². The second kappa shape index (κ2) is 5.98. The minimum Gasteiger partial charge on any atom is -0.336 e. The summed E-state index contributed by atoms with van der Waals surface area (Å²) in [5.41, 5.74) is 1.75. The van der Waals surface area contributed by atoms with Crippen LogP contribution in [0.1, 0.15) is 48.5 Å². The van der Waals surface area contributed by atoms with Gasteiger partial charge in [0.05, 0.1) is 0 Å². The molecule has 3 rings (SSSR count). The Balaban J connectivity index is 1.80. The standard InChI is InChI=1S/C17H23ClN2O/c1-3-20(16-9-14-4-5-15(10-16)19-14)17(21)12-6-11(2)7-13(18)8-12/h6-8,14-16,19H,3-5,9-10H2,1-2H3. The van der Waals surface area contributed by atoms with Gasteiger partial charge in [0, 0.05) is 35.3 Å². The third-order valence-electron chi connectivity index (χ3n) is 4.78. The number of hydrogen-bond acceptors (Lipinski definition) is 2. The predicted octanol–water partition coefficient (Wildman–Crippen LogP) is 3.39. The van der Waals surface area contributed by atoms with E-state index >= 15 is 0 Å². The van der Waals surface area contributed by atoms with E-state index < -0.39 is 0 Å². The highest BCUT2D eigenvalue weighted by Gasteiger charge is 2.37. The molecular formula is C17H23ClN2O. The van der Waals surface area contributed by atoms with Crippen molar-refractivity contribution in [2.24, 2.45) is 0 Å². The molecule has 1 aromatic rings. The third-order valence-corrected chi connectivity index (χ3v) is 5.00. The fourth-order valence-corrected chi connectivity index (χ4v) is 4.16. The summed E-state index contributed by atoms with van der Waals surface area (Å²) in [4.78, 5) is 14.9. The number of aryl methyl sites for hydroxylation is 1. The molecule has 0 saturated carbocycles. The molecule has 2 atom stereocenters. The molecule has 2 heterocycles. The van der Waals surface area contributed by atoms with Crippen molar-refractivity contribution in [1.82, 2.24) is 10.2 Å². The first kappa shape index (κ1) is 14.9. The lowest BCUT2D eigenvalue weighted by atomic mass is 9.97. The first-order valence-electron chi connectivity index (χ1n) is 7.91. The highest BCUT2D eigenvalue weighted by molar-refractivity contribution is 6.31. The van der Waals surface area contributed by atoms with Gasteiger partial charge in [-0.3, -0.25) is 4.79 Å². The molecule has 4 heteroatoms. The summed E-state index contributed by atoms with van der Waals surface area (Å²) in [5, 5.41) is 4.28. The molecule has 2 aliphatic rings. The number of nitrogens with zero attached hydrogens (tertiary/aromatic N) is 1. The Hall–Kier alpha value is -1.06. The molecule has 1 amide bonds. The number of fused-ring (bicyclic) bond motifs is 2. The van der Waals surface area contributed by atoms with E-state index in [2.05, 4.69) is 12.2 Å². The van der Waals surface area contributed by atoms with Crippen LogP contribution in [0.25, 0.3) is 0 Å². The van der Waals surface area contributed by atoms with Crippen molar-refractivity contribution in [2.75, 3.05) is 6.54 Å². The molecule has 0 aromatic heterocycles. The Morgan fingerprint density at radius 3 is 2.52 bits per heavy atom. The molecule has 0 aliphatic carbocycles. The molecule has 2 saturated heterocycles. The van der Waals surface area contributed by atoms with Gasteiger partial charge in [0.15, 0.2) is 0 Å². The molecule has 2 aliphatic heterocycles. The van der Waals surface area contributed by atoms with E-state index in [0.717, 1.165) is 24.9 Å². The van der Waals surface area contributed by atoms with Gasteiger partial charge < -0.3 is 10.2 Å². The van der Waals surface area contributed by atoms with Crippen molar-refractivity contribution in [2.45, 2.75) is 57.7 Å². The lowest BCUT2D eigenvalue weighted by Crippen LogP contribution is -2.50. The number of nitrogens with one attached hydrogen (secondary N) is 1. The van der Waals surface area contributed by atoms with Crippen molar-refractivity contribution in [1.29, 1.82) is 0 Å². The van der Waals surface area contributed by atoms with E-state index in [1.54, 1.807) is 6.07 Å². The molecule has 3 nitrogen and oxygen atoms in total. The van der Waals surface area contributed by atoms with Crippen LogP contribution in [0, 0.1) is 6.92 Å². The molecule has 2 bridgehead atoms.